The van der Waals surface area contributed by atoms with Crippen LogP contribution in [0.15, 0.2) is 48.5 Å². The highest BCUT2D eigenvalue weighted by Gasteiger charge is 2.31. The van der Waals surface area contributed by atoms with Gasteiger partial charge in [-0.15, -0.1) is 13.2 Å². The Morgan fingerprint density at radius 3 is 2.41 bits per heavy atom. The highest BCUT2D eigenvalue weighted by Crippen LogP contribution is 2.24. The molecule has 3 amide bonds. The van der Waals surface area contributed by atoms with Crippen molar-refractivity contribution >= 4 is 17.6 Å². The van der Waals surface area contributed by atoms with E-state index in [9.17, 15) is 22.8 Å². The zero-order valence-corrected chi connectivity index (χ0v) is 15.5. The van der Waals surface area contributed by atoms with Gasteiger partial charge in [-0.1, -0.05) is 18.2 Å². The minimum atomic E-state index is -4.75. The fraction of sp³-hybridized carbons (Fsp3) is 0.300. The summed E-state index contributed by atoms with van der Waals surface area (Å²) in [6, 6.07) is 11.2. The predicted octanol–water partition coefficient (Wildman–Crippen LogP) is 4.36. The summed E-state index contributed by atoms with van der Waals surface area (Å²) in [5.74, 6) is -0.706. The second-order valence-corrected chi connectivity index (χ2v) is 6.77. The van der Waals surface area contributed by atoms with Gasteiger partial charge in [0.05, 0.1) is 6.04 Å². The van der Waals surface area contributed by atoms with Gasteiger partial charge in [0.25, 0.3) is 5.91 Å². The fourth-order valence-corrected chi connectivity index (χ4v) is 2.64. The van der Waals surface area contributed by atoms with E-state index in [1.807, 2.05) is 0 Å². The van der Waals surface area contributed by atoms with Crippen molar-refractivity contribution < 1.29 is 27.5 Å². The standard InChI is InChI=1S/C20H20F3N3O3/c1-12(13-5-9-17(10-6-13)29-20(21,22)23)24-18(27)14-3-2-4-16(11-14)26-19(28)25-15-7-8-15/h2-6,9-12,15H,7-8H2,1H3,(H,24,27)(H2,25,26,28). The molecule has 1 aliphatic carbocycles. The number of anilines is 1. The molecule has 1 aliphatic rings. The number of benzene rings is 2. The normalized spacial score (nSPS) is 14.6. The van der Waals surface area contributed by atoms with Gasteiger partial charge in [-0.25, -0.2) is 4.79 Å². The van der Waals surface area contributed by atoms with Crippen molar-refractivity contribution in [3.8, 4) is 5.75 Å². The van der Waals surface area contributed by atoms with E-state index in [2.05, 4.69) is 20.7 Å². The first-order valence-corrected chi connectivity index (χ1v) is 9.04. The second-order valence-electron chi connectivity index (χ2n) is 6.77. The van der Waals surface area contributed by atoms with Gasteiger partial charge in [0.15, 0.2) is 0 Å². The molecule has 154 valence electrons. The van der Waals surface area contributed by atoms with E-state index in [4.69, 9.17) is 0 Å². The molecule has 0 radical (unpaired) electrons. The number of halogens is 3. The van der Waals surface area contributed by atoms with Crippen LogP contribution in [0.1, 0.15) is 41.7 Å². The molecule has 3 rings (SSSR count). The van der Waals surface area contributed by atoms with Gasteiger partial charge in [0.2, 0.25) is 0 Å². The lowest BCUT2D eigenvalue weighted by molar-refractivity contribution is -0.274. The minimum absolute atomic E-state index is 0.218. The molecule has 6 nitrogen and oxygen atoms in total. The van der Waals surface area contributed by atoms with E-state index < -0.39 is 12.4 Å². The summed E-state index contributed by atoms with van der Waals surface area (Å²) >= 11 is 0. The molecule has 0 aliphatic heterocycles. The predicted molar refractivity (Wildman–Crippen MR) is 101 cm³/mol. The van der Waals surface area contributed by atoms with Crippen LogP contribution >= 0.6 is 0 Å². The number of amides is 3. The molecule has 1 atom stereocenters. The van der Waals surface area contributed by atoms with Crippen molar-refractivity contribution in [1.82, 2.24) is 10.6 Å². The Labute approximate surface area is 165 Å². The van der Waals surface area contributed by atoms with E-state index in [1.165, 1.54) is 24.3 Å². The maximum absolute atomic E-state index is 12.5. The Hall–Kier alpha value is -3.23. The SMILES string of the molecule is CC(NC(=O)c1cccc(NC(=O)NC2CC2)c1)c1ccc(OC(F)(F)F)cc1. The summed E-state index contributed by atoms with van der Waals surface area (Å²) in [5.41, 5.74) is 1.45. The lowest BCUT2D eigenvalue weighted by Gasteiger charge is -2.16. The van der Waals surface area contributed by atoms with Crippen LogP contribution in [0, 0.1) is 0 Å². The molecule has 9 heteroatoms. The van der Waals surface area contributed by atoms with Crippen LogP contribution in [-0.2, 0) is 0 Å². The molecule has 0 spiro atoms. The minimum Gasteiger partial charge on any atom is -0.406 e. The molecular formula is C20H20F3N3O3. The molecule has 1 unspecified atom stereocenters. The Bertz CT molecular complexity index is 881. The Balaban J connectivity index is 1.58. The quantitative estimate of drug-likeness (QED) is 0.666. The van der Waals surface area contributed by atoms with Crippen molar-refractivity contribution in [3.05, 3.63) is 59.7 Å². The van der Waals surface area contributed by atoms with Crippen LogP contribution in [-0.4, -0.2) is 24.3 Å². The van der Waals surface area contributed by atoms with E-state index in [0.717, 1.165) is 12.8 Å². The number of ether oxygens (including phenoxy) is 1. The van der Waals surface area contributed by atoms with Crippen molar-refractivity contribution in [2.24, 2.45) is 0 Å². The zero-order valence-electron chi connectivity index (χ0n) is 15.5. The van der Waals surface area contributed by atoms with E-state index in [0.29, 0.717) is 16.8 Å². The van der Waals surface area contributed by atoms with Crippen molar-refractivity contribution in [3.63, 3.8) is 0 Å². The number of hydrogen-bond acceptors (Lipinski definition) is 3. The van der Waals surface area contributed by atoms with Gasteiger partial charge in [0, 0.05) is 17.3 Å². The number of hydrogen-bond donors (Lipinski definition) is 3. The molecular weight excluding hydrogens is 387 g/mol. The Morgan fingerprint density at radius 2 is 1.79 bits per heavy atom. The third-order valence-electron chi connectivity index (χ3n) is 4.26. The number of alkyl halides is 3. The first-order chi connectivity index (χ1) is 13.7. The van der Waals surface area contributed by atoms with Crippen LogP contribution in [0.5, 0.6) is 5.75 Å². The molecule has 2 aromatic rings. The summed E-state index contributed by atoms with van der Waals surface area (Å²) in [6.45, 7) is 1.71. The van der Waals surface area contributed by atoms with Crippen molar-refractivity contribution in [2.75, 3.05) is 5.32 Å². The van der Waals surface area contributed by atoms with Gasteiger partial charge >= 0.3 is 12.4 Å². The Kier molecular flexibility index (Phi) is 5.95. The van der Waals surface area contributed by atoms with E-state index in [1.54, 1.807) is 31.2 Å². The third-order valence-corrected chi connectivity index (χ3v) is 4.26. The largest absolute Gasteiger partial charge is 0.573 e. The van der Waals surface area contributed by atoms with Crippen molar-refractivity contribution in [2.45, 2.75) is 38.2 Å². The molecule has 0 heterocycles. The molecule has 0 aromatic heterocycles. The van der Waals surface area contributed by atoms with Gasteiger partial charge in [-0.05, 0) is 55.7 Å². The number of nitrogens with one attached hydrogen (secondary N) is 3. The fourth-order valence-electron chi connectivity index (χ4n) is 2.64. The maximum atomic E-state index is 12.5. The first kappa shape index (κ1) is 20.5. The summed E-state index contributed by atoms with van der Waals surface area (Å²) in [5, 5.41) is 8.25. The van der Waals surface area contributed by atoms with Crippen LogP contribution in [0.25, 0.3) is 0 Å². The van der Waals surface area contributed by atoms with Gasteiger partial charge in [-0.3, -0.25) is 4.79 Å². The summed E-state index contributed by atoms with van der Waals surface area (Å²) in [6.07, 6.45) is -2.82. The maximum Gasteiger partial charge on any atom is 0.573 e. The smallest absolute Gasteiger partial charge is 0.406 e. The highest BCUT2D eigenvalue weighted by atomic mass is 19.4. The van der Waals surface area contributed by atoms with Crippen LogP contribution in [0.3, 0.4) is 0 Å². The summed E-state index contributed by atoms with van der Waals surface area (Å²) in [7, 11) is 0. The number of carbonyl (C=O) groups excluding carboxylic acids is 2. The topological polar surface area (TPSA) is 79.5 Å². The molecule has 29 heavy (non-hydrogen) atoms. The number of carbonyl (C=O) groups is 2. The number of rotatable bonds is 6. The van der Waals surface area contributed by atoms with Crippen LogP contribution in [0.2, 0.25) is 0 Å². The molecule has 2 aromatic carbocycles. The van der Waals surface area contributed by atoms with E-state index >= 15 is 0 Å². The lowest BCUT2D eigenvalue weighted by atomic mass is 10.1. The van der Waals surface area contributed by atoms with Gasteiger partial charge < -0.3 is 20.7 Å². The first-order valence-electron chi connectivity index (χ1n) is 9.04. The number of urea groups is 1. The van der Waals surface area contributed by atoms with Gasteiger partial charge in [-0.2, -0.15) is 0 Å². The monoisotopic (exact) mass is 407 g/mol. The molecule has 1 fully saturated rings. The second kappa shape index (κ2) is 8.42. The van der Waals surface area contributed by atoms with Crippen molar-refractivity contribution in [1.29, 1.82) is 0 Å². The van der Waals surface area contributed by atoms with Crippen LogP contribution < -0.4 is 20.7 Å². The molecule has 0 saturated heterocycles. The average Bonchev–Trinajstić information content (AvgIpc) is 3.45. The third kappa shape index (κ3) is 6.41. The molecule has 1 saturated carbocycles. The Morgan fingerprint density at radius 1 is 1.10 bits per heavy atom. The summed E-state index contributed by atoms with van der Waals surface area (Å²) < 4.78 is 40.5. The summed E-state index contributed by atoms with van der Waals surface area (Å²) in [4.78, 5) is 24.3. The van der Waals surface area contributed by atoms with Gasteiger partial charge in [0.1, 0.15) is 5.75 Å². The zero-order chi connectivity index (χ0) is 21.0. The van der Waals surface area contributed by atoms with Crippen LogP contribution in [0.4, 0.5) is 23.7 Å². The highest BCUT2D eigenvalue weighted by molar-refractivity contribution is 5.97. The molecule has 0 bridgehead atoms. The van der Waals surface area contributed by atoms with E-state index in [-0.39, 0.29) is 23.7 Å². The lowest BCUT2D eigenvalue weighted by Crippen LogP contribution is -2.30. The average molecular weight is 407 g/mol. The molecule has 3 N–H and O–H groups in total.